The van der Waals surface area contributed by atoms with Gasteiger partial charge in [0.15, 0.2) is 5.65 Å². The van der Waals surface area contributed by atoms with Crippen molar-refractivity contribution in [2.24, 2.45) is 0 Å². The predicted octanol–water partition coefficient (Wildman–Crippen LogP) is 3.21. The molecule has 0 radical (unpaired) electrons. The lowest BCUT2D eigenvalue weighted by atomic mass is 10.3. The molecule has 4 nitrogen and oxygen atoms in total. The summed E-state index contributed by atoms with van der Waals surface area (Å²) in [6.07, 6.45) is 2.91. The Bertz CT molecular complexity index is 577. The molecule has 2 rings (SSSR count). The average Bonchev–Trinajstić information content (AvgIpc) is 2.78. The summed E-state index contributed by atoms with van der Waals surface area (Å²) in [5.41, 5.74) is 3.08. The van der Waals surface area contributed by atoms with Crippen LogP contribution in [0.5, 0.6) is 0 Å². The van der Waals surface area contributed by atoms with Crippen molar-refractivity contribution >= 4 is 22.8 Å². The fourth-order valence-corrected chi connectivity index (χ4v) is 2.46. The maximum Gasteiger partial charge on any atom is 0.160 e. The lowest BCUT2D eigenvalue weighted by Crippen LogP contribution is -2.28. The number of hydrogen-bond acceptors (Lipinski definition) is 3. The molecule has 0 fully saturated rings. The first-order valence-corrected chi connectivity index (χ1v) is 7.65. The molecule has 20 heavy (non-hydrogen) atoms. The molecular formula is C15H23ClN4. The second-order valence-electron chi connectivity index (χ2n) is 5.54. The van der Waals surface area contributed by atoms with Crippen LogP contribution in [0.25, 0.3) is 11.2 Å². The molecule has 0 atom stereocenters. The highest BCUT2D eigenvalue weighted by Gasteiger charge is 2.12. The van der Waals surface area contributed by atoms with Gasteiger partial charge in [-0.15, -0.1) is 11.6 Å². The maximum absolute atomic E-state index is 6.03. The van der Waals surface area contributed by atoms with E-state index in [1.54, 1.807) is 0 Å². The molecule has 0 aliphatic carbocycles. The van der Waals surface area contributed by atoms with Crippen LogP contribution in [0.15, 0.2) is 12.3 Å². The van der Waals surface area contributed by atoms with Crippen LogP contribution in [0.1, 0.15) is 31.7 Å². The molecule has 110 valence electrons. The molecule has 0 bridgehead atoms. The quantitative estimate of drug-likeness (QED) is 0.767. The van der Waals surface area contributed by atoms with E-state index in [2.05, 4.69) is 47.3 Å². The molecule has 0 aromatic carbocycles. The first kappa shape index (κ1) is 15.3. The second kappa shape index (κ2) is 6.55. The number of alkyl halides is 1. The number of nitrogens with zero attached hydrogens (tertiary/aromatic N) is 4. The van der Waals surface area contributed by atoms with Crippen molar-refractivity contribution in [3.05, 3.63) is 23.7 Å². The van der Waals surface area contributed by atoms with Crippen molar-refractivity contribution in [1.29, 1.82) is 0 Å². The standard InChI is InChI=1S/C15H23ClN4/c1-11(2)19(4)8-5-9-20-13(10-16)18-14-12(3)6-7-17-15(14)20/h6-7,11H,5,8-10H2,1-4H3. The van der Waals surface area contributed by atoms with E-state index in [0.717, 1.165) is 42.1 Å². The summed E-state index contributed by atoms with van der Waals surface area (Å²) in [4.78, 5) is 11.4. The van der Waals surface area contributed by atoms with E-state index in [9.17, 15) is 0 Å². The van der Waals surface area contributed by atoms with Gasteiger partial charge in [0, 0.05) is 18.8 Å². The van der Waals surface area contributed by atoms with Crippen LogP contribution < -0.4 is 0 Å². The molecule has 0 spiro atoms. The van der Waals surface area contributed by atoms with Crippen molar-refractivity contribution in [1.82, 2.24) is 19.4 Å². The Morgan fingerprint density at radius 2 is 2.15 bits per heavy atom. The van der Waals surface area contributed by atoms with Crippen molar-refractivity contribution < 1.29 is 0 Å². The zero-order valence-corrected chi connectivity index (χ0v) is 13.5. The zero-order valence-electron chi connectivity index (χ0n) is 12.7. The van der Waals surface area contributed by atoms with E-state index < -0.39 is 0 Å². The smallest absolute Gasteiger partial charge is 0.160 e. The minimum Gasteiger partial charge on any atom is -0.312 e. The van der Waals surface area contributed by atoms with Crippen molar-refractivity contribution in [3.8, 4) is 0 Å². The molecule has 0 saturated heterocycles. The predicted molar refractivity (Wildman–Crippen MR) is 84.2 cm³/mol. The molecule has 0 aliphatic rings. The normalized spacial score (nSPS) is 11.9. The van der Waals surface area contributed by atoms with Gasteiger partial charge < -0.3 is 9.47 Å². The molecule has 2 heterocycles. The van der Waals surface area contributed by atoms with Gasteiger partial charge in [-0.25, -0.2) is 9.97 Å². The Labute approximate surface area is 125 Å². The van der Waals surface area contributed by atoms with E-state index in [0.29, 0.717) is 11.9 Å². The molecule has 0 N–H and O–H groups in total. The van der Waals surface area contributed by atoms with E-state index >= 15 is 0 Å². The van der Waals surface area contributed by atoms with E-state index in [1.807, 2.05) is 12.3 Å². The molecule has 2 aromatic rings. The van der Waals surface area contributed by atoms with Crippen LogP contribution in [0.4, 0.5) is 0 Å². The number of aromatic nitrogens is 3. The Balaban J connectivity index is 2.18. The number of imidazole rings is 1. The Kier molecular flexibility index (Phi) is 5.00. The molecule has 2 aromatic heterocycles. The molecular weight excluding hydrogens is 272 g/mol. The summed E-state index contributed by atoms with van der Waals surface area (Å²) in [7, 11) is 2.15. The van der Waals surface area contributed by atoms with Gasteiger partial charge in [0.2, 0.25) is 0 Å². The van der Waals surface area contributed by atoms with Crippen LogP contribution in [-0.4, -0.2) is 39.1 Å². The highest BCUT2D eigenvalue weighted by atomic mass is 35.5. The fourth-order valence-electron chi connectivity index (χ4n) is 2.26. The number of pyridine rings is 1. The number of fused-ring (bicyclic) bond motifs is 1. The molecule has 0 aliphatic heterocycles. The topological polar surface area (TPSA) is 34.0 Å². The molecule has 5 heteroatoms. The van der Waals surface area contributed by atoms with Gasteiger partial charge in [0.05, 0.1) is 5.88 Å². The van der Waals surface area contributed by atoms with Gasteiger partial charge in [-0.05, 0) is 52.4 Å². The summed E-state index contributed by atoms with van der Waals surface area (Å²) in [6, 6.07) is 2.56. The van der Waals surface area contributed by atoms with E-state index in [4.69, 9.17) is 11.6 Å². The fraction of sp³-hybridized carbons (Fsp3) is 0.600. The van der Waals surface area contributed by atoms with Gasteiger partial charge in [-0.1, -0.05) is 0 Å². The van der Waals surface area contributed by atoms with Gasteiger partial charge in [0.25, 0.3) is 0 Å². The van der Waals surface area contributed by atoms with Crippen LogP contribution in [0.2, 0.25) is 0 Å². The Morgan fingerprint density at radius 3 is 2.80 bits per heavy atom. The number of hydrogen-bond donors (Lipinski definition) is 0. The van der Waals surface area contributed by atoms with Gasteiger partial charge >= 0.3 is 0 Å². The number of aryl methyl sites for hydroxylation is 2. The average molecular weight is 295 g/mol. The highest BCUT2D eigenvalue weighted by molar-refractivity contribution is 6.16. The lowest BCUT2D eigenvalue weighted by molar-refractivity contribution is 0.265. The van der Waals surface area contributed by atoms with Crippen molar-refractivity contribution in [3.63, 3.8) is 0 Å². The minimum absolute atomic E-state index is 0.426. The van der Waals surface area contributed by atoms with Crippen LogP contribution in [-0.2, 0) is 12.4 Å². The van der Waals surface area contributed by atoms with Crippen LogP contribution in [0.3, 0.4) is 0 Å². The first-order valence-electron chi connectivity index (χ1n) is 7.11. The third-order valence-electron chi connectivity index (χ3n) is 3.81. The lowest BCUT2D eigenvalue weighted by Gasteiger charge is -2.21. The third-order valence-corrected chi connectivity index (χ3v) is 4.05. The van der Waals surface area contributed by atoms with Gasteiger partial charge in [-0.3, -0.25) is 0 Å². The summed E-state index contributed by atoms with van der Waals surface area (Å²) < 4.78 is 2.16. The first-order chi connectivity index (χ1) is 9.54. The van der Waals surface area contributed by atoms with Crippen LogP contribution >= 0.6 is 11.6 Å². The summed E-state index contributed by atoms with van der Waals surface area (Å²) in [5, 5.41) is 0. The van der Waals surface area contributed by atoms with Crippen molar-refractivity contribution in [2.45, 2.75) is 45.7 Å². The Morgan fingerprint density at radius 1 is 1.40 bits per heavy atom. The van der Waals surface area contributed by atoms with E-state index in [-0.39, 0.29) is 0 Å². The number of halogens is 1. The third kappa shape index (κ3) is 3.13. The van der Waals surface area contributed by atoms with Crippen LogP contribution in [0, 0.1) is 6.92 Å². The van der Waals surface area contributed by atoms with Gasteiger partial charge in [-0.2, -0.15) is 0 Å². The number of rotatable bonds is 6. The summed E-state index contributed by atoms with van der Waals surface area (Å²) >= 11 is 6.03. The second-order valence-corrected chi connectivity index (χ2v) is 5.81. The Hall–Kier alpha value is -1.13. The van der Waals surface area contributed by atoms with Gasteiger partial charge in [0.1, 0.15) is 11.3 Å². The monoisotopic (exact) mass is 294 g/mol. The minimum atomic E-state index is 0.426. The molecule has 0 saturated carbocycles. The molecule has 0 amide bonds. The SMILES string of the molecule is Cc1ccnc2c1nc(CCl)n2CCCN(C)C(C)C. The molecule has 0 unspecified atom stereocenters. The zero-order chi connectivity index (χ0) is 14.7. The highest BCUT2D eigenvalue weighted by Crippen LogP contribution is 2.19. The maximum atomic E-state index is 6.03. The van der Waals surface area contributed by atoms with E-state index in [1.165, 1.54) is 0 Å². The summed E-state index contributed by atoms with van der Waals surface area (Å²) in [5.74, 6) is 1.34. The largest absolute Gasteiger partial charge is 0.312 e. The summed E-state index contributed by atoms with van der Waals surface area (Å²) in [6.45, 7) is 8.45. The van der Waals surface area contributed by atoms with Crippen molar-refractivity contribution in [2.75, 3.05) is 13.6 Å².